The van der Waals surface area contributed by atoms with Gasteiger partial charge < -0.3 is 5.32 Å². The lowest BCUT2D eigenvalue weighted by molar-refractivity contribution is 0.523. The van der Waals surface area contributed by atoms with Gasteiger partial charge in [-0.2, -0.15) is 0 Å². The van der Waals surface area contributed by atoms with Crippen molar-refractivity contribution in [1.82, 2.24) is 0 Å². The van der Waals surface area contributed by atoms with Crippen molar-refractivity contribution in [3.8, 4) is 0 Å². The highest BCUT2D eigenvalue weighted by Gasteiger charge is 2.28. The van der Waals surface area contributed by atoms with Crippen molar-refractivity contribution < 1.29 is 8.42 Å². The molecule has 1 unspecified atom stereocenters. The molecule has 2 rings (SSSR count). The summed E-state index contributed by atoms with van der Waals surface area (Å²) < 4.78 is 22.6. The largest absolute Gasteiger partial charge is 0.335 e. The van der Waals surface area contributed by atoms with Crippen molar-refractivity contribution >= 4 is 32.6 Å². The summed E-state index contributed by atoms with van der Waals surface area (Å²) in [5.41, 5.74) is 0.642. The van der Waals surface area contributed by atoms with E-state index in [0.29, 0.717) is 5.69 Å². The lowest BCUT2D eigenvalue weighted by Crippen LogP contribution is -2.20. The van der Waals surface area contributed by atoms with E-state index >= 15 is 0 Å². The van der Waals surface area contributed by atoms with Crippen LogP contribution in [0, 0.1) is 0 Å². The van der Waals surface area contributed by atoms with E-state index in [0.717, 1.165) is 17.3 Å². The third-order valence-corrected chi connectivity index (χ3v) is 5.21. The van der Waals surface area contributed by atoms with Crippen LogP contribution >= 0.6 is 11.8 Å². The maximum atomic E-state index is 11.3. The van der Waals surface area contributed by atoms with Crippen molar-refractivity contribution in [2.24, 2.45) is 10.1 Å². The van der Waals surface area contributed by atoms with Crippen molar-refractivity contribution in [2.45, 2.75) is 30.7 Å². The third-order valence-electron chi connectivity index (χ3n) is 3.07. The lowest BCUT2D eigenvalue weighted by Gasteiger charge is -2.15. The Morgan fingerprint density at radius 2 is 2.26 bits per heavy atom. The zero-order valence-electron chi connectivity index (χ0n) is 10.9. The number of hydrogen-bond acceptors (Lipinski definition) is 5. The van der Waals surface area contributed by atoms with Gasteiger partial charge in [-0.1, -0.05) is 24.8 Å². The fourth-order valence-corrected chi connectivity index (χ4v) is 3.40. The molecule has 3 N–H and O–H groups in total. The molecule has 1 aliphatic heterocycles. The van der Waals surface area contributed by atoms with Crippen LogP contribution in [0.3, 0.4) is 0 Å². The Kier molecular flexibility index (Phi) is 3.89. The van der Waals surface area contributed by atoms with E-state index in [1.807, 2.05) is 0 Å². The zero-order valence-corrected chi connectivity index (χ0v) is 12.5. The number of primary sulfonamides is 1. The fraction of sp³-hybridized carbons (Fsp3) is 0.417. The molecule has 0 radical (unpaired) electrons. The first kappa shape index (κ1) is 14.4. The van der Waals surface area contributed by atoms with Gasteiger partial charge in [0.15, 0.2) is 5.17 Å². The molecule has 0 amide bonds. The number of thioether (sulfide) groups is 1. The molecule has 7 heteroatoms. The number of sulfonamides is 1. The third kappa shape index (κ3) is 3.49. The van der Waals surface area contributed by atoms with Crippen LogP contribution in [0.1, 0.15) is 20.3 Å². The topological polar surface area (TPSA) is 84.5 Å². The molecule has 1 aliphatic rings. The fourth-order valence-electron chi connectivity index (χ4n) is 1.65. The van der Waals surface area contributed by atoms with Crippen LogP contribution in [-0.4, -0.2) is 24.9 Å². The predicted octanol–water partition coefficient (Wildman–Crippen LogP) is 2.02. The van der Waals surface area contributed by atoms with Crippen molar-refractivity contribution in [3.05, 3.63) is 24.3 Å². The van der Waals surface area contributed by atoms with Crippen molar-refractivity contribution in [2.75, 3.05) is 11.1 Å². The molecule has 0 saturated carbocycles. The van der Waals surface area contributed by atoms with E-state index in [1.165, 1.54) is 12.1 Å². The molecule has 0 spiro atoms. The summed E-state index contributed by atoms with van der Waals surface area (Å²) >= 11 is 1.64. The molecule has 1 aromatic rings. The van der Waals surface area contributed by atoms with E-state index in [2.05, 4.69) is 24.2 Å². The summed E-state index contributed by atoms with van der Waals surface area (Å²) in [5, 5.41) is 9.06. The number of nitrogens with zero attached hydrogens (tertiary/aromatic N) is 1. The first-order chi connectivity index (χ1) is 8.82. The van der Waals surface area contributed by atoms with Gasteiger partial charge in [0.25, 0.3) is 0 Å². The number of hydrogen-bond donors (Lipinski definition) is 2. The highest BCUT2D eigenvalue weighted by molar-refractivity contribution is 8.14. The molecule has 0 aliphatic carbocycles. The van der Waals surface area contributed by atoms with Gasteiger partial charge in [-0.3, -0.25) is 4.99 Å². The number of nitrogens with two attached hydrogens (primary N) is 1. The van der Waals surface area contributed by atoms with Gasteiger partial charge >= 0.3 is 0 Å². The average Bonchev–Trinajstić information content (AvgIpc) is 2.71. The Hall–Kier alpha value is -1.05. The average molecular weight is 299 g/mol. The lowest BCUT2D eigenvalue weighted by atomic mass is 10.0. The second-order valence-electron chi connectivity index (χ2n) is 4.75. The van der Waals surface area contributed by atoms with Crippen LogP contribution in [0.4, 0.5) is 5.69 Å². The van der Waals surface area contributed by atoms with E-state index in [-0.39, 0.29) is 10.4 Å². The van der Waals surface area contributed by atoms with E-state index in [9.17, 15) is 8.42 Å². The van der Waals surface area contributed by atoms with Crippen LogP contribution in [0.5, 0.6) is 0 Å². The second kappa shape index (κ2) is 5.15. The summed E-state index contributed by atoms with van der Waals surface area (Å²) in [6.45, 7) is 4.21. The van der Waals surface area contributed by atoms with E-state index < -0.39 is 10.0 Å². The molecule has 0 bridgehead atoms. The molecule has 0 aromatic heterocycles. The number of nitrogens with one attached hydrogen (secondary N) is 1. The van der Waals surface area contributed by atoms with E-state index in [4.69, 9.17) is 5.14 Å². The highest BCUT2D eigenvalue weighted by atomic mass is 32.2. The Bertz CT molecular complexity index is 613. The minimum absolute atomic E-state index is 0.0371. The molecule has 0 saturated heterocycles. The van der Waals surface area contributed by atoms with Crippen molar-refractivity contribution in [1.29, 1.82) is 0 Å². The first-order valence-corrected chi connectivity index (χ1v) is 8.48. The molecule has 5 nitrogen and oxygen atoms in total. The van der Waals surface area contributed by atoms with Crippen LogP contribution < -0.4 is 10.5 Å². The summed E-state index contributed by atoms with van der Waals surface area (Å²) in [6, 6.07) is 6.43. The van der Waals surface area contributed by atoms with E-state index in [1.54, 1.807) is 23.9 Å². The normalized spacial score (nSPS) is 23.2. The molecule has 1 heterocycles. The Morgan fingerprint density at radius 3 is 2.84 bits per heavy atom. The molecule has 0 fully saturated rings. The van der Waals surface area contributed by atoms with Crippen LogP contribution in [0.2, 0.25) is 0 Å². The minimum Gasteiger partial charge on any atom is -0.335 e. The highest BCUT2D eigenvalue weighted by Crippen LogP contribution is 2.30. The summed E-state index contributed by atoms with van der Waals surface area (Å²) in [7, 11) is -3.67. The van der Waals surface area contributed by atoms with Gasteiger partial charge in [0, 0.05) is 11.4 Å². The number of amidine groups is 1. The Balaban J connectivity index is 2.20. The zero-order chi connectivity index (χ0) is 14.1. The van der Waals surface area contributed by atoms with Gasteiger partial charge in [0.05, 0.1) is 10.4 Å². The van der Waals surface area contributed by atoms with Gasteiger partial charge in [0.1, 0.15) is 0 Å². The molecule has 1 atom stereocenters. The maximum Gasteiger partial charge on any atom is 0.238 e. The number of aliphatic imine (C=N–C) groups is 1. The Morgan fingerprint density at radius 1 is 1.53 bits per heavy atom. The predicted molar refractivity (Wildman–Crippen MR) is 80.0 cm³/mol. The molecular weight excluding hydrogens is 282 g/mol. The van der Waals surface area contributed by atoms with Crippen molar-refractivity contribution in [3.63, 3.8) is 0 Å². The summed E-state index contributed by atoms with van der Waals surface area (Å²) in [5.74, 6) is 0.931. The van der Waals surface area contributed by atoms with Gasteiger partial charge in [0.2, 0.25) is 10.0 Å². The SMILES string of the molecule is CCC1(C)CSC(Nc2cccc(S(N)(=O)=O)c2)=N1. The quantitative estimate of drug-likeness (QED) is 0.894. The van der Waals surface area contributed by atoms with Gasteiger partial charge in [-0.15, -0.1) is 0 Å². The Labute approximate surface area is 117 Å². The smallest absolute Gasteiger partial charge is 0.238 e. The second-order valence-corrected chi connectivity index (χ2v) is 7.28. The maximum absolute atomic E-state index is 11.3. The van der Waals surface area contributed by atoms with Crippen LogP contribution in [-0.2, 0) is 10.0 Å². The first-order valence-electron chi connectivity index (χ1n) is 5.95. The molecule has 1 aromatic carbocycles. The number of rotatable bonds is 3. The summed E-state index contributed by atoms with van der Waals surface area (Å²) in [4.78, 5) is 4.71. The van der Waals surface area contributed by atoms with Crippen LogP contribution in [0.25, 0.3) is 0 Å². The number of anilines is 1. The molecular formula is C12H17N3O2S2. The standard InChI is InChI=1S/C12H17N3O2S2/c1-3-12(2)8-18-11(15-12)14-9-5-4-6-10(7-9)19(13,16)17/h4-7H,3,8H2,1-2H3,(H,14,15)(H2,13,16,17). The van der Waals surface area contributed by atoms with Gasteiger partial charge in [-0.25, -0.2) is 13.6 Å². The summed E-state index contributed by atoms with van der Waals surface area (Å²) in [6.07, 6.45) is 0.975. The molecule has 104 valence electrons. The van der Waals surface area contributed by atoms with Gasteiger partial charge in [-0.05, 0) is 31.5 Å². The minimum atomic E-state index is -3.67. The van der Waals surface area contributed by atoms with Crippen LogP contribution in [0.15, 0.2) is 34.2 Å². The monoisotopic (exact) mass is 299 g/mol. The number of benzene rings is 1. The molecule has 19 heavy (non-hydrogen) atoms.